The van der Waals surface area contributed by atoms with Crippen LogP contribution in [0.2, 0.25) is 0 Å². The van der Waals surface area contributed by atoms with Gasteiger partial charge in [0, 0.05) is 12.3 Å². The molecule has 0 bridgehead atoms. The molecule has 0 aliphatic heterocycles. The van der Waals surface area contributed by atoms with Gasteiger partial charge in [0.2, 0.25) is 5.88 Å². The van der Waals surface area contributed by atoms with E-state index >= 15 is 0 Å². The van der Waals surface area contributed by atoms with E-state index in [1.165, 1.54) is 18.2 Å². The molecule has 2 aromatic rings. The largest absolute Gasteiger partial charge is 0.574 e. The van der Waals surface area contributed by atoms with Gasteiger partial charge in [-0.25, -0.2) is 9.37 Å². The Morgan fingerprint density at radius 1 is 1.00 bits per heavy atom. The standard InChI is InChI=1S/C16H15F4NO2/c1-15(2,3)10-4-5-13(12(17)8-10)22-11-6-7-21-14(9-11)23-16(18,19)20/h4-9H,1-3H3. The van der Waals surface area contributed by atoms with Crippen LogP contribution >= 0.6 is 0 Å². The van der Waals surface area contributed by atoms with Gasteiger partial charge in [-0.3, -0.25) is 0 Å². The predicted octanol–water partition coefficient (Wildman–Crippen LogP) is 5.21. The van der Waals surface area contributed by atoms with Gasteiger partial charge in [-0.1, -0.05) is 26.8 Å². The van der Waals surface area contributed by atoms with Gasteiger partial charge in [-0.2, -0.15) is 0 Å². The number of hydrogen-bond donors (Lipinski definition) is 0. The monoisotopic (exact) mass is 329 g/mol. The average Bonchev–Trinajstić information content (AvgIpc) is 2.38. The molecule has 0 fully saturated rings. The van der Waals surface area contributed by atoms with Crippen LogP contribution in [0.25, 0.3) is 0 Å². The second-order valence-electron chi connectivity index (χ2n) is 5.87. The van der Waals surface area contributed by atoms with Gasteiger partial charge in [0.1, 0.15) is 5.75 Å². The van der Waals surface area contributed by atoms with Crippen LogP contribution in [0.15, 0.2) is 36.5 Å². The molecule has 1 heterocycles. The van der Waals surface area contributed by atoms with E-state index in [0.29, 0.717) is 0 Å². The SMILES string of the molecule is CC(C)(C)c1ccc(Oc2ccnc(OC(F)(F)F)c2)c(F)c1. The van der Waals surface area contributed by atoms with Gasteiger partial charge in [0.15, 0.2) is 11.6 Å². The van der Waals surface area contributed by atoms with Crippen molar-refractivity contribution in [1.29, 1.82) is 0 Å². The van der Waals surface area contributed by atoms with Crippen molar-refractivity contribution in [3.8, 4) is 17.4 Å². The Morgan fingerprint density at radius 3 is 2.26 bits per heavy atom. The minimum absolute atomic E-state index is 0.0124. The third-order valence-corrected chi connectivity index (χ3v) is 2.95. The van der Waals surface area contributed by atoms with Crippen molar-refractivity contribution >= 4 is 0 Å². The van der Waals surface area contributed by atoms with E-state index in [1.807, 2.05) is 20.8 Å². The first-order valence-electron chi connectivity index (χ1n) is 6.74. The maximum Gasteiger partial charge on any atom is 0.574 e. The van der Waals surface area contributed by atoms with E-state index in [9.17, 15) is 17.6 Å². The van der Waals surface area contributed by atoms with Gasteiger partial charge in [0.05, 0.1) is 0 Å². The molecule has 0 aliphatic rings. The highest BCUT2D eigenvalue weighted by Gasteiger charge is 2.32. The summed E-state index contributed by atoms with van der Waals surface area (Å²) in [4.78, 5) is 3.42. The summed E-state index contributed by atoms with van der Waals surface area (Å²) in [7, 11) is 0. The maximum atomic E-state index is 14.1. The fourth-order valence-electron chi connectivity index (χ4n) is 1.81. The summed E-state index contributed by atoms with van der Waals surface area (Å²) in [6.07, 6.45) is -3.77. The van der Waals surface area contributed by atoms with Crippen molar-refractivity contribution in [2.75, 3.05) is 0 Å². The highest BCUT2D eigenvalue weighted by Crippen LogP contribution is 2.31. The molecule has 0 amide bonds. The Hall–Kier alpha value is -2.31. The van der Waals surface area contributed by atoms with Crippen LogP contribution in [-0.4, -0.2) is 11.3 Å². The Morgan fingerprint density at radius 2 is 1.70 bits per heavy atom. The molecule has 2 rings (SSSR count). The number of alkyl halides is 3. The van der Waals surface area contributed by atoms with Crippen LogP contribution < -0.4 is 9.47 Å². The summed E-state index contributed by atoms with van der Waals surface area (Å²) in [6, 6.07) is 6.71. The molecule has 3 nitrogen and oxygen atoms in total. The number of nitrogens with zero attached hydrogens (tertiary/aromatic N) is 1. The normalized spacial score (nSPS) is 12.1. The lowest BCUT2D eigenvalue weighted by atomic mass is 9.87. The van der Waals surface area contributed by atoms with E-state index in [1.54, 1.807) is 6.07 Å². The molecular formula is C16H15F4NO2. The third-order valence-electron chi connectivity index (χ3n) is 2.95. The summed E-state index contributed by atoms with van der Waals surface area (Å²) in [5.41, 5.74) is 0.544. The molecule has 1 aromatic heterocycles. The zero-order valence-corrected chi connectivity index (χ0v) is 12.7. The first kappa shape index (κ1) is 17.1. The molecule has 0 saturated carbocycles. The molecule has 0 N–H and O–H groups in total. The molecule has 0 radical (unpaired) electrons. The predicted molar refractivity (Wildman–Crippen MR) is 76.1 cm³/mol. The van der Waals surface area contributed by atoms with Crippen molar-refractivity contribution < 1.29 is 27.0 Å². The van der Waals surface area contributed by atoms with Crippen molar-refractivity contribution in [2.24, 2.45) is 0 Å². The van der Waals surface area contributed by atoms with Gasteiger partial charge in [-0.05, 0) is 29.2 Å². The number of benzene rings is 1. The molecule has 0 aliphatic carbocycles. The van der Waals surface area contributed by atoms with Crippen molar-refractivity contribution in [3.05, 3.63) is 47.9 Å². The molecular weight excluding hydrogens is 314 g/mol. The highest BCUT2D eigenvalue weighted by atomic mass is 19.4. The topological polar surface area (TPSA) is 31.4 Å². The second-order valence-corrected chi connectivity index (χ2v) is 5.87. The lowest BCUT2D eigenvalue weighted by molar-refractivity contribution is -0.276. The second kappa shape index (κ2) is 6.06. The summed E-state index contributed by atoms with van der Waals surface area (Å²) in [6.45, 7) is 5.81. The lowest BCUT2D eigenvalue weighted by Crippen LogP contribution is -2.17. The molecule has 7 heteroatoms. The quantitative estimate of drug-likeness (QED) is 0.725. The van der Waals surface area contributed by atoms with Crippen molar-refractivity contribution in [2.45, 2.75) is 32.5 Å². The zero-order chi connectivity index (χ0) is 17.3. The molecule has 0 unspecified atom stereocenters. The van der Waals surface area contributed by atoms with Crippen molar-refractivity contribution in [3.63, 3.8) is 0 Å². The Balaban J connectivity index is 2.21. The Bertz CT molecular complexity index is 693. The minimum atomic E-state index is -4.86. The number of pyridine rings is 1. The van der Waals surface area contributed by atoms with E-state index in [0.717, 1.165) is 17.8 Å². The third kappa shape index (κ3) is 4.84. The zero-order valence-electron chi connectivity index (χ0n) is 12.7. The summed E-state index contributed by atoms with van der Waals surface area (Å²) in [5, 5.41) is 0. The molecule has 124 valence electrons. The van der Waals surface area contributed by atoms with E-state index in [-0.39, 0.29) is 16.9 Å². The Kier molecular flexibility index (Phi) is 4.49. The number of aromatic nitrogens is 1. The van der Waals surface area contributed by atoms with E-state index in [2.05, 4.69) is 9.72 Å². The molecule has 0 saturated heterocycles. The fourth-order valence-corrected chi connectivity index (χ4v) is 1.81. The van der Waals surface area contributed by atoms with Gasteiger partial charge in [-0.15, -0.1) is 13.2 Å². The number of ether oxygens (including phenoxy) is 2. The lowest BCUT2D eigenvalue weighted by Gasteiger charge is -2.19. The van der Waals surface area contributed by atoms with Crippen LogP contribution in [-0.2, 0) is 5.41 Å². The molecule has 0 spiro atoms. The first-order valence-corrected chi connectivity index (χ1v) is 6.74. The maximum absolute atomic E-state index is 14.1. The van der Waals surface area contributed by atoms with Gasteiger partial charge < -0.3 is 9.47 Å². The summed E-state index contributed by atoms with van der Waals surface area (Å²) >= 11 is 0. The van der Waals surface area contributed by atoms with E-state index in [4.69, 9.17) is 4.74 Å². The molecule has 23 heavy (non-hydrogen) atoms. The van der Waals surface area contributed by atoms with Crippen LogP contribution in [0.4, 0.5) is 17.6 Å². The van der Waals surface area contributed by atoms with Crippen molar-refractivity contribution in [1.82, 2.24) is 4.98 Å². The van der Waals surface area contributed by atoms with E-state index < -0.39 is 18.1 Å². The Labute approximate surface area is 130 Å². The smallest absolute Gasteiger partial charge is 0.454 e. The minimum Gasteiger partial charge on any atom is -0.454 e. The van der Waals surface area contributed by atoms with Crippen LogP contribution in [0.3, 0.4) is 0 Å². The van der Waals surface area contributed by atoms with Gasteiger partial charge in [0.25, 0.3) is 0 Å². The molecule has 1 aromatic carbocycles. The molecule has 0 atom stereocenters. The highest BCUT2D eigenvalue weighted by molar-refractivity contribution is 5.37. The average molecular weight is 329 g/mol. The first-order chi connectivity index (χ1) is 10.5. The fraction of sp³-hybridized carbons (Fsp3) is 0.312. The summed E-state index contributed by atoms with van der Waals surface area (Å²) in [5.74, 6) is -1.39. The number of hydrogen-bond acceptors (Lipinski definition) is 3. The summed E-state index contributed by atoms with van der Waals surface area (Å²) < 4.78 is 59.5. The van der Waals surface area contributed by atoms with Crippen LogP contribution in [0.5, 0.6) is 17.4 Å². The number of rotatable bonds is 3. The van der Waals surface area contributed by atoms with Gasteiger partial charge >= 0.3 is 6.36 Å². The number of halogens is 4. The van der Waals surface area contributed by atoms with Crippen LogP contribution in [0, 0.1) is 5.82 Å². The van der Waals surface area contributed by atoms with Crippen LogP contribution in [0.1, 0.15) is 26.3 Å².